The first-order valence-corrected chi connectivity index (χ1v) is 5.96. The molecular formula is C16H21N3O2. The molecule has 0 unspecified atom stereocenters. The van der Waals surface area contributed by atoms with Crippen LogP contribution in [-0.4, -0.2) is 49.1 Å². The van der Waals surface area contributed by atoms with Crippen molar-refractivity contribution in [2.45, 2.75) is 18.8 Å². The van der Waals surface area contributed by atoms with Gasteiger partial charge in [-0.25, -0.2) is 4.79 Å². The third-order valence-corrected chi connectivity index (χ3v) is 2.67. The van der Waals surface area contributed by atoms with Crippen molar-refractivity contribution in [2.75, 3.05) is 27.1 Å². The largest absolute Gasteiger partial charge is 0.447 e. The van der Waals surface area contributed by atoms with Crippen molar-refractivity contribution in [1.29, 1.82) is 0 Å². The Morgan fingerprint density at radius 1 is 1.71 bits per heavy atom. The van der Waals surface area contributed by atoms with Gasteiger partial charge < -0.3 is 19.9 Å². The molecule has 0 spiro atoms. The van der Waals surface area contributed by atoms with E-state index >= 15 is 0 Å². The standard InChI is InChI=1S/C16H21N3O2/c1-19(2)6-5-12-9-17-15-4-3-11(8-14(12)15)7-13-10-21-16(20)18-13/h3-4,8-9,13,17H,5-7,10H2,1-2H3,(H,18,20)/t13-/m0/s1/i1D3,3D,4D,6D2,7D2,8D,9D,10D2,13D. The number of H-pyrrole nitrogens is 1. The minimum atomic E-state index is -3.33. The summed E-state index contributed by atoms with van der Waals surface area (Å²) >= 11 is 0. The molecule has 0 bridgehead atoms. The second-order valence-electron chi connectivity index (χ2n) is 4.24. The normalized spacial score (nSPS) is 35.8. The van der Waals surface area contributed by atoms with Gasteiger partial charge in [0.25, 0.3) is 0 Å². The molecule has 1 atom stereocenters. The van der Waals surface area contributed by atoms with Crippen LogP contribution in [0.25, 0.3) is 10.9 Å². The van der Waals surface area contributed by atoms with Crippen molar-refractivity contribution in [3.05, 3.63) is 35.4 Å². The molecular weight excluding hydrogens is 266 g/mol. The predicted octanol–water partition coefficient (Wildman–Crippen LogP) is 1.92. The van der Waals surface area contributed by atoms with E-state index in [4.69, 9.17) is 19.2 Å². The van der Waals surface area contributed by atoms with E-state index in [1.165, 1.54) is 0 Å². The average Bonchev–Trinajstić information content (AvgIpc) is 3.11. The summed E-state index contributed by atoms with van der Waals surface area (Å²) in [5.41, 5.74) is -1.55. The number of likely N-dealkylation sites (N-methyl/N-ethyl adjacent to an activating group) is 1. The minimum absolute atomic E-state index is 0.287. The van der Waals surface area contributed by atoms with Gasteiger partial charge in [-0.2, -0.15) is 0 Å². The number of aromatic amines is 1. The number of carbonyl (C=O) groups is 1. The summed E-state index contributed by atoms with van der Waals surface area (Å²) in [7, 11) is 0.990. The van der Waals surface area contributed by atoms with Crippen LogP contribution in [0, 0.1) is 0 Å². The van der Waals surface area contributed by atoms with E-state index in [9.17, 15) is 4.79 Å². The number of fused-ring (bicyclic) bond motifs is 1. The summed E-state index contributed by atoms with van der Waals surface area (Å²) in [4.78, 5) is 14.5. The van der Waals surface area contributed by atoms with Crippen molar-refractivity contribution in [1.82, 2.24) is 15.2 Å². The molecule has 21 heavy (non-hydrogen) atoms. The number of aryl methyl sites for hydroxylation is 1. The quantitative estimate of drug-likeness (QED) is 0.887. The molecule has 1 saturated heterocycles. The van der Waals surface area contributed by atoms with Crippen LogP contribution in [0.4, 0.5) is 4.79 Å². The topological polar surface area (TPSA) is 57.4 Å². The summed E-state index contributed by atoms with van der Waals surface area (Å²) in [5, 5.41) is 1.36. The molecule has 1 fully saturated rings. The number of rotatable bonds is 5. The Labute approximate surface area is 143 Å². The summed E-state index contributed by atoms with van der Waals surface area (Å²) in [6, 6.07) is -5.69. The van der Waals surface area contributed by atoms with Crippen molar-refractivity contribution in [2.24, 2.45) is 0 Å². The Balaban J connectivity index is 2.30. The Hall–Kier alpha value is -2.01. The predicted molar refractivity (Wildman–Crippen MR) is 82.5 cm³/mol. The monoisotopic (exact) mass is 301 g/mol. The van der Waals surface area contributed by atoms with Gasteiger partial charge in [-0.3, -0.25) is 0 Å². The maximum absolute atomic E-state index is 11.6. The zero-order valence-corrected chi connectivity index (χ0v) is 11.0. The molecule has 5 nitrogen and oxygen atoms in total. The number of hydrogen-bond acceptors (Lipinski definition) is 3. The van der Waals surface area contributed by atoms with E-state index in [0.717, 1.165) is 7.05 Å². The SMILES string of the molecule is [2H]c1[nH]c2c([2H])c([2H])c(C([2H])([2H])[C@]3([2H])NC(=O)OC3([2H])[2H])c([2H])c2c1CC([2H])([2H])N(C)C([2H])([2H])[2H]. The number of ether oxygens (including phenoxy) is 1. The van der Waals surface area contributed by atoms with Crippen LogP contribution in [0.1, 0.15) is 30.3 Å². The van der Waals surface area contributed by atoms with Crippen LogP contribution >= 0.6 is 0 Å². The summed E-state index contributed by atoms with van der Waals surface area (Å²) in [5.74, 6) is 0. The Kier molecular flexibility index (Phi) is 1.38. The number of alkyl carbamates (subject to hydrolysis) is 1. The molecule has 1 aliphatic rings. The Morgan fingerprint density at radius 2 is 2.62 bits per heavy atom. The maximum atomic E-state index is 11.6. The van der Waals surface area contributed by atoms with Gasteiger partial charge in [0.05, 0.1) is 15.6 Å². The van der Waals surface area contributed by atoms with Crippen LogP contribution in [0.15, 0.2) is 24.3 Å². The molecule has 5 heteroatoms. The van der Waals surface area contributed by atoms with Crippen molar-refractivity contribution in [3.63, 3.8) is 0 Å². The number of nitrogens with zero attached hydrogens (tertiary/aromatic N) is 1. The van der Waals surface area contributed by atoms with Gasteiger partial charge in [0.1, 0.15) is 6.56 Å². The van der Waals surface area contributed by atoms with E-state index in [1.807, 2.05) is 0 Å². The second-order valence-corrected chi connectivity index (χ2v) is 4.24. The van der Waals surface area contributed by atoms with Crippen molar-refractivity contribution < 1.29 is 28.7 Å². The molecule has 3 rings (SSSR count). The van der Waals surface area contributed by atoms with Gasteiger partial charge >= 0.3 is 6.09 Å². The first-order chi connectivity index (χ1) is 15.6. The third-order valence-electron chi connectivity index (χ3n) is 2.67. The smallest absolute Gasteiger partial charge is 0.407 e. The number of carbonyl (C=O) groups excluding carboxylic acids is 1. The van der Waals surface area contributed by atoms with Crippen LogP contribution < -0.4 is 5.32 Å². The molecule has 112 valence electrons. The molecule has 0 aliphatic carbocycles. The lowest BCUT2D eigenvalue weighted by molar-refractivity contribution is 0.177. The first-order valence-electron chi connectivity index (χ1n) is 13.0. The van der Waals surface area contributed by atoms with Crippen LogP contribution in [0.3, 0.4) is 0 Å². The van der Waals surface area contributed by atoms with Gasteiger partial charge in [-0.1, -0.05) is 6.04 Å². The third kappa shape index (κ3) is 3.19. The number of aromatic nitrogens is 1. The van der Waals surface area contributed by atoms with Crippen LogP contribution in [0.2, 0.25) is 0 Å². The minimum Gasteiger partial charge on any atom is -0.447 e. The highest BCUT2D eigenvalue weighted by atomic mass is 16.6. The molecule has 1 aromatic carbocycles. The molecule has 2 heterocycles. The molecule has 1 aliphatic heterocycles. The Morgan fingerprint density at radius 3 is 3.38 bits per heavy atom. The van der Waals surface area contributed by atoms with E-state index in [-0.39, 0.29) is 16.5 Å². The lowest BCUT2D eigenvalue weighted by atomic mass is 10.0. The number of amides is 1. The highest BCUT2D eigenvalue weighted by Gasteiger charge is 2.22. The number of benzene rings is 1. The fraction of sp³-hybridized carbons (Fsp3) is 0.438. The number of cyclic esters (lactones) is 1. The summed E-state index contributed by atoms with van der Waals surface area (Å²) in [6.07, 6.45) is -6.06. The molecule has 1 aromatic heterocycles. The van der Waals surface area contributed by atoms with Crippen LogP contribution in [-0.2, 0) is 17.5 Å². The van der Waals surface area contributed by atoms with Crippen molar-refractivity contribution >= 4 is 17.0 Å². The van der Waals surface area contributed by atoms with E-state index < -0.39 is 74.8 Å². The maximum Gasteiger partial charge on any atom is 0.407 e. The summed E-state index contributed by atoms with van der Waals surface area (Å²) in [6.45, 7) is -8.70. The van der Waals surface area contributed by atoms with E-state index in [2.05, 4.69) is 9.72 Å². The average molecular weight is 301 g/mol. The van der Waals surface area contributed by atoms with Crippen LogP contribution in [0.5, 0.6) is 0 Å². The van der Waals surface area contributed by atoms with Gasteiger partial charge in [-0.05, 0) is 50.0 Å². The van der Waals surface area contributed by atoms with Gasteiger partial charge in [-0.15, -0.1) is 0 Å². The highest BCUT2D eigenvalue weighted by Crippen LogP contribution is 2.21. The fourth-order valence-electron chi connectivity index (χ4n) is 1.75. The zero-order chi connectivity index (χ0) is 27.1. The molecule has 2 aromatic rings. The first kappa shape index (κ1) is 5.02. The Bertz CT molecular complexity index is 1210. The number of hydrogen-bond donors (Lipinski definition) is 2. The molecule has 1 amide bonds. The molecule has 0 radical (unpaired) electrons. The van der Waals surface area contributed by atoms with Gasteiger partial charge in [0, 0.05) is 33.2 Å². The molecule has 2 N–H and O–H groups in total. The second kappa shape index (κ2) is 5.77. The molecule has 0 saturated carbocycles. The van der Waals surface area contributed by atoms with E-state index in [1.54, 1.807) is 5.32 Å². The highest BCUT2D eigenvalue weighted by molar-refractivity contribution is 5.84. The van der Waals surface area contributed by atoms with Gasteiger partial charge in [0.2, 0.25) is 0 Å². The van der Waals surface area contributed by atoms with Crippen molar-refractivity contribution in [3.8, 4) is 0 Å². The fourth-order valence-corrected chi connectivity index (χ4v) is 1.75. The lowest BCUT2D eigenvalue weighted by Crippen LogP contribution is -2.28. The van der Waals surface area contributed by atoms with Gasteiger partial charge in [0.15, 0.2) is 0 Å². The lowest BCUT2D eigenvalue weighted by Gasteiger charge is -2.09. The summed E-state index contributed by atoms with van der Waals surface area (Å²) < 4.78 is 117. The number of nitrogens with one attached hydrogen (secondary N) is 2. The van der Waals surface area contributed by atoms with E-state index in [0.29, 0.717) is 4.90 Å². The zero-order valence-electron chi connectivity index (χ0n) is 25.0.